The van der Waals surface area contributed by atoms with Gasteiger partial charge in [0.15, 0.2) is 5.75 Å². The molecule has 0 radical (unpaired) electrons. The summed E-state index contributed by atoms with van der Waals surface area (Å²) in [7, 11) is 0. The molecule has 21 heavy (non-hydrogen) atoms. The monoisotopic (exact) mass is 350 g/mol. The van der Waals surface area contributed by atoms with Crippen molar-refractivity contribution in [3.8, 4) is 5.75 Å². The van der Waals surface area contributed by atoms with Crippen LogP contribution >= 0.6 is 15.9 Å². The molecule has 2 aromatic carbocycles. The van der Waals surface area contributed by atoms with Gasteiger partial charge < -0.3 is 10.1 Å². The van der Waals surface area contributed by atoms with Crippen LogP contribution in [0.5, 0.6) is 5.75 Å². The summed E-state index contributed by atoms with van der Waals surface area (Å²) < 4.78 is 6.57. The second-order valence-electron chi connectivity index (χ2n) is 4.36. The Morgan fingerprint density at radius 1 is 1.29 bits per heavy atom. The molecule has 0 amide bonds. The highest BCUT2D eigenvalue weighted by Gasteiger charge is 2.20. The van der Waals surface area contributed by atoms with E-state index in [1.54, 1.807) is 18.2 Å². The molecule has 0 bridgehead atoms. The minimum absolute atomic E-state index is 0.0330. The van der Waals surface area contributed by atoms with Crippen molar-refractivity contribution in [3.05, 3.63) is 62.6 Å². The summed E-state index contributed by atoms with van der Waals surface area (Å²) in [6, 6.07) is 12.7. The van der Waals surface area contributed by atoms with Crippen molar-refractivity contribution in [2.24, 2.45) is 0 Å². The Hall–Kier alpha value is -2.08. The topological polar surface area (TPSA) is 64.4 Å². The van der Waals surface area contributed by atoms with Gasteiger partial charge in [0, 0.05) is 11.0 Å². The molecular weight excluding hydrogens is 336 g/mol. The number of ether oxygens (including phenoxy) is 1. The van der Waals surface area contributed by atoms with Crippen LogP contribution in [0.2, 0.25) is 0 Å². The van der Waals surface area contributed by atoms with E-state index in [4.69, 9.17) is 4.74 Å². The summed E-state index contributed by atoms with van der Waals surface area (Å²) in [6.45, 7) is 2.77. The van der Waals surface area contributed by atoms with Gasteiger partial charge in [0.1, 0.15) is 12.3 Å². The third-order valence-electron chi connectivity index (χ3n) is 2.83. The maximum Gasteiger partial charge on any atom is 0.333 e. The average molecular weight is 351 g/mol. The van der Waals surface area contributed by atoms with Gasteiger partial charge in [0.2, 0.25) is 0 Å². The van der Waals surface area contributed by atoms with Gasteiger partial charge in [-0.1, -0.05) is 34.1 Å². The van der Waals surface area contributed by atoms with Crippen molar-refractivity contribution < 1.29 is 9.66 Å². The Kier molecular flexibility index (Phi) is 5.16. The van der Waals surface area contributed by atoms with Crippen molar-refractivity contribution >= 4 is 27.3 Å². The minimum atomic E-state index is -0.422. The fourth-order valence-corrected chi connectivity index (χ4v) is 2.39. The number of nitro groups is 1. The van der Waals surface area contributed by atoms with Crippen LogP contribution < -0.4 is 10.1 Å². The van der Waals surface area contributed by atoms with Crippen LogP contribution in [0.15, 0.2) is 46.9 Å². The molecule has 0 unspecified atom stereocenters. The molecule has 0 heterocycles. The SMILES string of the molecule is CCNc1cccc(OCc2cccc(Br)c2)c1[N+](=O)[O-]. The van der Waals surface area contributed by atoms with Crippen LogP contribution in [-0.4, -0.2) is 11.5 Å². The largest absolute Gasteiger partial charge is 0.482 e. The number of nitro benzene ring substituents is 1. The van der Waals surface area contributed by atoms with Gasteiger partial charge in [-0.2, -0.15) is 0 Å². The molecule has 0 saturated carbocycles. The number of para-hydroxylation sites is 1. The molecule has 0 aliphatic heterocycles. The summed E-state index contributed by atoms with van der Waals surface area (Å²) in [5.41, 5.74) is 1.37. The molecule has 6 heteroatoms. The minimum Gasteiger partial charge on any atom is -0.482 e. The third-order valence-corrected chi connectivity index (χ3v) is 3.33. The highest BCUT2D eigenvalue weighted by molar-refractivity contribution is 9.10. The molecule has 110 valence electrons. The Morgan fingerprint density at radius 2 is 2.05 bits per heavy atom. The van der Waals surface area contributed by atoms with E-state index in [2.05, 4.69) is 21.2 Å². The van der Waals surface area contributed by atoms with Crippen molar-refractivity contribution in [2.75, 3.05) is 11.9 Å². The number of nitrogens with one attached hydrogen (secondary N) is 1. The number of hydrogen-bond acceptors (Lipinski definition) is 4. The molecule has 0 aliphatic rings. The quantitative estimate of drug-likeness (QED) is 0.620. The summed E-state index contributed by atoms with van der Waals surface area (Å²) in [4.78, 5) is 10.8. The van der Waals surface area contributed by atoms with Crippen LogP contribution in [-0.2, 0) is 6.61 Å². The van der Waals surface area contributed by atoms with E-state index in [0.717, 1.165) is 10.0 Å². The number of hydrogen-bond donors (Lipinski definition) is 1. The lowest BCUT2D eigenvalue weighted by Gasteiger charge is -2.10. The van der Waals surface area contributed by atoms with Crippen molar-refractivity contribution in [2.45, 2.75) is 13.5 Å². The van der Waals surface area contributed by atoms with E-state index in [1.165, 1.54) is 0 Å². The Balaban J connectivity index is 2.23. The standard InChI is InChI=1S/C15H15BrN2O3/c1-2-17-13-7-4-8-14(15(13)18(19)20)21-10-11-5-3-6-12(16)9-11/h3-9,17H,2,10H2,1H3. The highest BCUT2D eigenvalue weighted by atomic mass is 79.9. The van der Waals surface area contributed by atoms with Crippen molar-refractivity contribution in [3.63, 3.8) is 0 Å². The zero-order chi connectivity index (χ0) is 15.2. The van der Waals surface area contributed by atoms with E-state index >= 15 is 0 Å². The zero-order valence-electron chi connectivity index (χ0n) is 11.5. The molecule has 0 aliphatic carbocycles. The van der Waals surface area contributed by atoms with E-state index in [-0.39, 0.29) is 18.0 Å². The predicted octanol–water partition coefficient (Wildman–Crippen LogP) is 4.37. The summed E-state index contributed by atoms with van der Waals surface area (Å²) in [5.74, 6) is 0.262. The molecule has 0 fully saturated rings. The Morgan fingerprint density at radius 3 is 2.71 bits per heavy atom. The number of halogens is 1. The van der Waals surface area contributed by atoms with E-state index in [9.17, 15) is 10.1 Å². The second kappa shape index (κ2) is 7.08. The van der Waals surface area contributed by atoms with Gasteiger partial charge in [-0.25, -0.2) is 0 Å². The zero-order valence-corrected chi connectivity index (χ0v) is 13.1. The molecule has 2 aromatic rings. The summed E-state index contributed by atoms with van der Waals surface area (Å²) >= 11 is 3.38. The lowest BCUT2D eigenvalue weighted by molar-refractivity contribution is -0.385. The molecule has 1 N–H and O–H groups in total. The van der Waals surface area contributed by atoms with Gasteiger partial charge in [-0.3, -0.25) is 10.1 Å². The first-order valence-electron chi connectivity index (χ1n) is 6.50. The van der Waals surface area contributed by atoms with E-state index in [1.807, 2.05) is 31.2 Å². The fraction of sp³-hybridized carbons (Fsp3) is 0.200. The van der Waals surface area contributed by atoms with Gasteiger partial charge in [-0.15, -0.1) is 0 Å². The smallest absolute Gasteiger partial charge is 0.333 e. The maximum atomic E-state index is 11.3. The lowest BCUT2D eigenvalue weighted by atomic mass is 10.2. The van der Waals surface area contributed by atoms with E-state index in [0.29, 0.717) is 12.2 Å². The number of anilines is 1. The summed E-state index contributed by atoms with van der Waals surface area (Å²) in [6.07, 6.45) is 0. The predicted molar refractivity (Wildman–Crippen MR) is 85.7 cm³/mol. The van der Waals surface area contributed by atoms with Gasteiger partial charge in [0.05, 0.1) is 4.92 Å². The first-order chi connectivity index (χ1) is 10.1. The Labute approximate surface area is 131 Å². The Bertz CT molecular complexity index is 647. The number of nitrogens with zero attached hydrogens (tertiary/aromatic N) is 1. The molecule has 0 atom stereocenters. The van der Waals surface area contributed by atoms with Crippen LogP contribution in [0.3, 0.4) is 0 Å². The first kappa shape index (κ1) is 15.3. The van der Waals surface area contributed by atoms with Gasteiger partial charge in [-0.05, 0) is 36.8 Å². The van der Waals surface area contributed by atoms with Crippen LogP contribution in [0, 0.1) is 10.1 Å². The second-order valence-corrected chi connectivity index (χ2v) is 5.27. The lowest BCUT2D eigenvalue weighted by Crippen LogP contribution is -2.04. The average Bonchev–Trinajstić information content (AvgIpc) is 2.45. The van der Waals surface area contributed by atoms with Crippen LogP contribution in [0.4, 0.5) is 11.4 Å². The molecule has 2 rings (SSSR count). The van der Waals surface area contributed by atoms with E-state index < -0.39 is 4.92 Å². The maximum absolute atomic E-state index is 11.3. The molecule has 0 saturated heterocycles. The fourth-order valence-electron chi connectivity index (χ4n) is 1.95. The highest BCUT2D eigenvalue weighted by Crippen LogP contribution is 2.35. The van der Waals surface area contributed by atoms with Crippen LogP contribution in [0.25, 0.3) is 0 Å². The van der Waals surface area contributed by atoms with Crippen molar-refractivity contribution in [1.29, 1.82) is 0 Å². The van der Waals surface area contributed by atoms with Gasteiger partial charge >= 0.3 is 5.69 Å². The molecule has 0 spiro atoms. The summed E-state index contributed by atoms with van der Waals surface area (Å²) in [5, 5.41) is 14.2. The number of rotatable bonds is 6. The van der Waals surface area contributed by atoms with Gasteiger partial charge in [0.25, 0.3) is 0 Å². The first-order valence-corrected chi connectivity index (χ1v) is 7.29. The van der Waals surface area contributed by atoms with Crippen molar-refractivity contribution in [1.82, 2.24) is 0 Å². The van der Waals surface area contributed by atoms with Crippen LogP contribution in [0.1, 0.15) is 12.5 Å². The number of benzene rings is 2. The molecular formula is C15H15BrN2O3. The molecule has 5 nitrogen and oxygen atoms in total. The molecule has 0 aromatic heterocycles. The third kappa shape index (κ3) is 3.95. The normalized spacial score (nSPS) is 10.2.